The number of benzene rings is 3. The zero-order chi connectivity index (χ0) is 20.8. The zero-order valence-electron chi connectivity index (χ0n) is 17.6. The quantitative estimate of drug-likeness (QED) is 0.297. The fraction of sp³-hybridized carbons (Fsp3) is 0.133. The van der Waals surface area contributed by atoms with Crippen molar-refractivity contribution in [1.82, 2.24) is 0 Å². The summed E-state index contributed by atoms with van der Waals surface area (Å²) in [7, 11) is -2.13. The van der Waals surface area contributed by atoms with Crippen LogP contribution in [0.15, 0.2) is 104 Å². The van der Waals surface area contributed by atoms with E-state index in [1.54, 1.807) is 0 Å². The molecule has 0 aliphatic heterocycles. The fourth-order valence-electron chi connectivity index (χ4n) is 6.37. The lowest BCUT2D eigenvalue weighted by molar-refractivity contribution is 0.940. The second-order valence-corrected chi connectivity index (χ2v) is 13.5. The molecule has 0 bridgehead atoms. The average Bonchev–Trinajstić information content (AvgIpc) is 3.54. The monoisotopic (exact) mass is 414 g/mol. The molecule has 0 fully saturated rings. The van der Waals surface area contributed by atoms with Gasteiger partial charge in [0.15, 0.2) is 0 Å². The first-order chi connectivity index (χ1) is 15.3. The highest BCUT2D eigenvalue weighted by atomic mass is 28.3. The van der Waals surface area contributed by atoms with Gasteiger partial charge in [-0.1, -0.05) is 115 Å². The molecule has 0 unspecified atom stereocenters. The second kappa shape index (κ2) is 7.21. The molecule has 0 heterocycles. The molecule has 3 aromatic rings. The molecule has 150 valence electrons. The number of rotatable bonds is 5. The van der Waals surface area contributed by atoms with Crippen molar-refractivity contribution in [2.45, 2.75) is 22.7 Å². The Bertz CT molecular complexity index is 1110. The number of allylic oxidation sites excluding steroid dienone is 4. The van der Waals surface area contributed by atoms with Crippen molar-refractivity contribution in [2.75, 3.05) is 0 Å². The predicted octanol–water partition coefficient (Wildman–Crippen LogP) is 7.67. The van der Waals surface area contributed by atoms with Crippen molar-refractivity contribution in [1.29, 1.82) is 0 Å². The van der Waals surface area contributed by atoms with Crippen molar-refractivity contribution >= 4 is 26.3 Å². The highest BCUT2D eigenvalue weighted by molar-refractivity contribution is 6.86. The van der Waals surface area contributed by atoms with E-state index in [-0.39, 0.29) is 0 Å². The fourth-order valence-corrected chi connectivity index (χ4v) is 12.7. The van der Waals surface area contributed by atoms with Gasteiger partial charge >= 0.3 is 0 Å². The highest BCUT2D eigenvalue weighted by Crippen LogP contribution is 2.56. The lowest BCUT2D eigenvalue weighted by Crippen LogP contribution is -2.51. The molecule has 3 atom stereocenters. The Balaban J connectivity index is 1.62. The van der Waals surface area contributed by atoms with Crippen LogP contribution in [0.3, 0.4) is 0 Å². The third-order valence-electron chi connectivity index (χ3n) is 7.63. The van der Waals surface area contributed by atoms with Crippen molar-refractivity contribution in [3.63, 3.8) is 0 Å². The summed E-state index contributed by atoms with van der Waals surface area (Å²) in [4.78, 5) is 0. The van der Waals surface area contributed by atoms with Gasteiger partial charge in [0.25, 0.3) is 0 Å². The number of hydrogen-bond acceptors (Lipinski definition) is 0. The molecular formula is C30H26Si. The molecule has 31 heavy (non-hydrogen) atoms. The largest absolute Gasteiger partial charge is 0.103 e. The van der Waals surface area contributed by atoms with Crippen LogP contribution in [0.1, 0.15) is 50.0 Å². The Labute approximate surface area is 186 Å². The zero-order valence-corrected chi connectivity index (χ0v) is 18.6. The molecule has 6 rings (SSSR count). The van der Waals surface area contributed by atoms with Crippen LogP contribution in [0.4, 0.5) is 0 Å². The van der Waals surface area contributed by atoms with Crippen molar-refractivity contribution in [3.8, 4) is 0 Å². The van der Waals surface area contributed by atoms with Crippen LogP contribution in [0.25, 0.3) is 18.2 Å². The summed E-state index contributed by atoms with van der Waals surface area (Å²) < 4.78 is 0. The van der Waals surface area contributed by atoms with Crippen LogP contribution >= 0.6 is 0 Å². The van der Waals surface area contributed by atoms with Gasteiger partial charge < -0.3 is 0 Å². The Kier molecular flexibility index (Phi) is 4.33. The second-order valence-electron chi connectivity index (χ2n) is 9.00. The molecule has 0 N–H and O–H groups in total. The molecule has 0 radical (unpaired) electrons. The average molecular weight is 415 g/mol. The molecule has 0 spiro atoms. The molecule has 3 aromatic carbocycles. The van der Waals surface area contributed by atoms with E-state index in [0.29, 0.717) is 16.6 Å². The topological polar surface area (TPSA) is 0 Å². The van der Waals surface area contributed by atoms with E-state index in [1.165, 1.54) is 33.4 Å². The van der Waals surface area contributed by atoms with Crippen LogP contribution in [-0.4, -0.2) is 8.07 Å². The van der Waals surface area contributed by atoms with Gasteiger partial charge in [-0.05, 0) is 39.4 Å². The van der Waals surface area contributed by atoms with Crippen molar-refractivity contribution in [2.24, 2.45) is 0 Å². The van der Waals surface area contributed by atoms with Gasteiger partial charge in [0.2, 0.25) is 0 Å². The first-order valence-electron chi connectivity index (χ1n) is 11.3. The molecule has 3 aliphatic carbocycles. The normalized spacial score (nSPS) is 22.4. The number of hydrogen-bond donors (Lipinski definition) is 0. The maximum atomic E-state index is 4.29. The summed E-state index contributed by atoms with van der Waals surface area (Å²) in [6.07, 6.45) is 16.8. The predicted molar refractivity (Wildman–Crippen MR) is 135 cm³/mol. The molecule has 0 amide bonds. The number of fused-ring (bicyclic) bond motifs is 3. The summed E-state index contributed by atoms with van der Waals surface area (Å²) in [5.74, 6) is 0. The Hall–Kier alpha value is -3.16. The van der Waals surface area contributed by atoms with E-state index in [4.69, 9.17) is 0 Å². The van der Waals surface area contributed by atoms with Crippen LogP contribution in [0.5, 0.6) is 0 Å². The summed E-state index contributed by atoms with van der Waals surface area (Å²) in [6.45, 7) is 4.29. The van der Waals surface area contributed by atoms with E-state index in [0.717, 1.165) is 6.04 Å². The molecular weight excluding hydrogens is 388 g/mol. The lowest BCUT2D eigenvalue weighted by atomic mass is 10.1. The van der Waals surface area contributed by atoms with Crippen molar-refractivity contribution in [3.05, 3.63) is 137 Å². The molecule has 0 saturated heterocycles. The van der Waals surface area contributed by atoms with Gasteiger partial charge in [0.1, 0.15) is 0 Å². The first kappa shape index (κ1) is 18.6. The van der Waals surface area contributed by atoms with Gasteiger partial charge in [-0.15, -0.1) is 6.58 Å². The minimum absolute atomic E-state index is 0.461. The third-order valence-corrected chi connectivity index (χ3v) is 13.6. The van der Waals surface area contributed by atoms with Crippen LogP contribution in [0.2, 0.25) is 6.04 Å². The Morgan fingerprint density at radius 3 is 1.29 bits per heavy atom. The third kappa shape index (κ3) is 2.66. The smallest absolute Gasteiger partial charge is 0.0923 e. The maximum Gasteiger partial charge on any atom is 0.0923 e. The first-order valence-corrected chi connectivity index (χ1v) is 13.7. The van der Waals surface area contributed by atoms with E-state index >= 15 is 0 Å². The van der Waals surface area contributed by atoms with E-state index in [9.17, 15) is 0 Å². The van der Waals surface area contributed by atoms with Crippen LogP contribution in [0, 0.1) is 0 Å². The van der Waals surface area contributed by atoms with Gasteiger partial charge in [-0.3, -0.25) is 0 Å². The van der Waals surface area contributed by atoms with E-state index in [1.807, 2.05) is 0 Å². The molecule has 0 aromatic heterocycles. The molecule has 3 aliphatic rings. The Morgan fingerprint density at radius 2 is 0.935 bits per heavy atom. The SMILES string of the molecule is C=CC[Si]([C@@H]1C=Cc2ccccc21)([C@@H]1C=Cc2ccccc21)[C@H]1C=Cc2ccccc21. The van der Waals surface area contributed by atoms with Crippen molar-refractivity contribution < 1.29 is 0 Å². The molecule has 1 heteroatoms. The minimum atomic E-state index is -2.13. The van der Waals surface area contributed by atoms with Gasteiger partial charge in [-0.25, -0.2) is 0 Å². The summed E-state index contributed by atoms with van der Waals surface area (Å²) in [5, 5.41) is 0. The highest BCUT2D eigenvalue weighted by Gasteiger charge is 2.54. The van der Waals surface area contributed by atoms with Crippen LogP contribution in [-0.2, 0) is 0 Å². The van der Waals surface area contributed by atoms with Crippen LogP contribution < -0.4 is 0 Å². The van der Waals surface area contributed by atoms with Gasteiger partial charge in [0.05, 0.1) is 8.07 Å². The summed E-state index contributed by atoms with van der Waals surface area (Å²) >= 11 is 0. The standard InChI is InChI=1S/C30H26Si/c1-2-21-31(28-18-15-22-9-3-6-12-25(22)28,29-19-16-23-10-4-7-13-26(23)29)30-20-17-24-11-5-8-14-27(24)30/h2-20,28-30H,1,21H2/t28-,29-,30+/m1/s1. The van der Waals surface area contributed by atoms with E-state index in [2.05, 4.69) is 122 Å². The minimum Gasteiger partial charge on any atom is -0.103 e. The van der Waals surface area contributed by atoms with E-state index < -0.39 is 8.07 Å². The Morgan fingerprint density at radius 1 is 0.581 bits per heavy atom. The lowest BCUT2D eigenvalue weighted by Gasteiger charge is -2.46. The van der Waals surface area contributed by atoms with Gasteiger partial charge in [0, 0.05) is 16.6 Å². The summed E-state index contributed by atoms with van der Waals surface area (Å²) in [5.41, 5.74) is 10.1. The van der Waals surface area contributed by atoms with Gasteiger partial charge in [-0.2, -0.15) is 0 Å². The molecule has 0 nitrogen and oxygen atoms in total. The molecule has 0 saturated carbocycles. The summed E-state index contributed by atoms with van der Waals surface area (Å²) in [6, 6.07) is 28.1. The maximum absolute atomic E-state index is 4.29.